The lowest BCUT2D eigenvalue weighted by atomic mass is 9.98. The maximum atomic E-state index is 9.66. The summed E-state index contributed by atoms with van der Waals surface area (Å²) < 4.78 is 5.40. The lowest BCUT2D eigenvalue weighted by molar-refractivity contribution is -0.0177. The Hall–Kier alpha value is -1.40. The summed E-state index contributed by atoms with van der Waals surface area (Å²) in [7, 11) is 0. The van der Waals surface area contributed by atoms with Gasteiger partial charge < -0.3 is 14.9 Å². The van der Waals surface area contributed by atoms with Gasteiger partial charge >= 0.3 is 6.01 Å². The largest absolute Gasteiger partial charge is 0.493 e. The van der Waals surface area contributed by atoms with Crippen LogP contribution in [0.15, 0.2) is 0 Å². The van der Waals surface area contributed by atoms with Gasteiger partial charge in [-0.3, -0.25) is 4.90 Å². The summed E-state index contributed by atoms with van der Waals surface area (Å²) in [5.74, 6) is -0.104. The highest BCUT2D eigenvalue weighted by molar-refractivity contribution is 5.34. The van der Waals surface area contributed by atoms with Crippen molar-refractivity contribution in [3.63, 3.8) is 0 Å². The Balaban J connectivity index is 1.98. The van der Waals surface area contributed by atoms with Gasteiger partial charge in [0.2, 0.25) is 5.88 Å². The van der Waals surface area contributed by atoms with E-state index in [-0.39, 0.29) is 11.9 Å². The van der Waals surface area contributed by atoms with Gasteiger partial charge in [-0.25, -0.2) is 0 Å². The van der Waals surface area contributed by atoms with E-state index in [1.165, 1.54) is 0 Å². The number of hydrogen-bond acceptors (Lipinski definition) is 6. The number of aromatic hydroxyl groups is 2. The van der Waals surface area contributed by atoms with Crippen molar-refractivity contribution in [1.82, 2.24) is 14.9 Å². The molecule has 0 aromatic carbocycles. The molecule has 0 aliphatic carbocycles. The van der Waals surface area contributed by atoms with E-state index in [0.29, 0.717) is 25.6 Å². The second-order valence-electron chi connectivity index (χ2n) is 4.18. The zero-order valence-electron chi connectivity index (χ0n) is 8.76. The average Bonchev–Trinajstić information content (AvgIpc) is 2.27. The van der Waals surface area contributed by atoms with Crippen LogP contribution in [0, 0.1) is 0 Å². The van der Waals surface area contributed by atoms with E-state index in [1.54, 1.807) is 0 Å². The first-order valence-electron chi connectivity index (χ1n) is 5.33. The SMILES string of the molecule is Oc1nc(O)c2c(n1)CN1CCOCC1C2. The molecule has 2 aliphatic rings. The van der Waals surface area contributed by atoms with Crippen LogP contribution in [-0.2, 0) is 17.7 Å². The van der Waals surface area contributed by atoms with Crippen molar-refractivity contribution in [2.24, 2.45) is 0 Å². The molecule has 0 amide bonds. The number of rotatable bonds is 0. The second kappa shape index (κ2) is 3.57. The van der Waals surface area contributed by atoms with Gasteiger partial charge in [-0.2, -0.15) is 9.97 Å². The third kappa shape index (κ3) is 1.50. The molecule has 1 atom stereocenters. The van der Waals surface area contributed by atoms with Gasteiger partial charge in [0.05, 0.1) is 18.9 Å². The molecule has 2 aliphatic heterocycles. The maximum absolute atomic E-state index is 9.66. The van der Waals surface area contributed by atoms with Crippen molar-refractivity contribution >= 4 is 0 Å². The summed E-state index contributed by atoms with van der Waals surface area (Å²) in [6.07, 6.45) is 0.682. The molecular formula is C10H13N3O3. The van der Waals surface area contributed by atoms with Crippen LogP contribution in [0.5, 0.6) is 11.9 Å². The highest BCUT2D eigenvalue weighted by Crippen LogP contribution is 2.29. The second-order valence-corrected chi connectivity index (χ2v) is 4.18. The number of fused-ring (bicyclic) bond motifs is 2. The molecule has 0 bridgehead atoms. The molecule has 0 radical (unpaired) electrons. The predicted molar refractivity (Wildman–Crippen MR) is 54.1 cm³/mol. The number of nitrogens with zero attached hydrogens (tertiary/aromatic N) is 3. The van der Waals surface area contributed by atoms with Crippen molar-refractivity contribution in [2.45, 2.75) is 19.0 Å². The maximum Gasteiger partial charge on any atom is 0.317 e. The molecule has 1 fully saturated rings. The highest BCUT2D eigenvalue weighted by Gasteiger charge is 2.31. The molecule has 1 aromatic rings. The Morgan fingerprint density at radius 3 is 3.06 bits per heavy atom. The molecule has 86 valence electrons. The number of aromatic nitrogens is 2. The van der Waals surface area contributed by atoms with Gasteiger partial charge in [0.15, 0.2) is 0 Å². The summed E-state index contributed by atoms with van der Waals surface area (Å²) in [4.78, 5) is 9.79. The van der Waals surface area contributed by atoms with Crippen LogP contribution in [0.2, 0.25) is 0 Å². The van der Waals surface area contributed by atoms with E-state index in [4.69, 9.17) is 4.74 Å². The molecule has 1 aromatic heterocycles. The minimum atomic E-state index is -0.358. The van der Waals surface area contributed by atoms with Gasteiger partial charge in [0.25, 0.3) is 0 Å². The minimum Gasteiger partial charge on any atom is -0.493 e. The van der Waals surface area contributed by atoms with Crippen LogP contribution < -0.4 is 0 Å². The zero-order chi connectivity index (χ0) is 11.1. The number of ether oxygens (including phenoxy) is 1. The Morgan fingerprint density at radius 1 is 1.31 bits per heavy atom. The van der Waals surface area contributed by atoms with Crippen LogP contribution in [0.3, 0.4) is 0 Å². The molecule has 3 rings (SSSR count). The normalized spacial score (nSPS) is 24.9. The Bertz CT molecular complexity index is 424. The first kappa shape index (κ1) is 9.80. The summed E-state index contributed by atoms with van der Waals surface area (Å²) in [6, 6.07) is -0.0664. The van der Waals surface area contributed by atoms with Crippen LogP contribution in [0.1, 0.15) is 11.3 Å². The van der Waals surface area contributed by atoms with E-state index < -0.39 is 0 Å². The van der Waals surface area contributed by atoms with Crippen LogP contribution >= 0.6 is 0 Å². The Morgan fingerprint density at radius 2 is 2.19 bits per heavy atom. The van der Waals surface area contributed by atoms with E-state index in [1.807, 2.05) is 0 Å². The van der Waals surface area contributed by atoms with E-state index in [0.717, 1.165) is 24.4 Å². The summed E-state index contributed by atoms with van der Waals surface area (Å²) >= 11 is 0. The van der Waals surface area contributed by atoms with Gasteiger partial charge in [0.1, 0.15) is 0 Å². The van der Waals surface area contributed by atoms with Gasteiger partial charge in [-0.05, 0) is 6.42 Å². The molecule has 0 saturated carbocycles. The molecule has 2 N–H and O–H groups in total. The lowest BCUT2D eigenvalue weighted by Gasteiger charge is -2.39. The standard InChI is InChI=1S/C10H13N3O3/c14-9-7-3-6-5-16-2-1-13(6)4-8(7)11-10(15)12-9/h6H,1-5H2,(H2,11,12,14,15). The number of morpholine rings is 1. The van der Waals surface area contributed by atoms with Gasteiger partial charge in [-0.1, -0.05) is 0 Å². The van der Waals surface area contributed by atoms with Crippen molar-refractivity contribution in [2.75, 3.05) is 19.8 Å². The van der Waals surface area contributed by atoms with E-state index in [2.05, 4.69) is 14.9 Å². The highest BCUT2D eigenvalue weighted by atomic mass is 16.5. The fourth-order valence-corrected chi connectivity index (χ4v) is 2.36. The molecule has 6 nitrogen and oxygen atoms in total. The number of hydrogen-bond donors (Lipinski definition) is 2. The van der Waals surface area contributed by atoms with Crippen LogP contribution in [-0.4, -0.2) is 50.9 Å². The first-order valence-corrected chi connectivity index (χ1v) is 5.33. The van der Waals surface area contributed by atoms with E-state index >= 15 is 0 Å². The summed E-state index contributed by atoms with van der Waals surface area (Å²) in [5.41, 5.74) is 1.47. The molecule has 16 heavy (non-hydrogen) atoms. The smallest absolute Gasteiger partial charge is 0.317 e. The Kier molecular flexibility index (Phi) is 2.19. The van der Waals surface area contributed by atoms with Crippen molar-refractivity contribution < 1.29 is 14.9 Å². The monoisotopic (exact) mass is 223 g/mol. The Labute approximate surface area is 92.5 Å². The summed E-state index contributed by atoms with van der Waals surface area (Å²) in [6.45, 7) is 2.93. The van der Waals surface area contributed by atoms with Crippen molar-refractivity contribution in [3.8, 4) is 11.9 Å². The third-order valence-electron chi connectivity index (χ3n) is 3.20. The summed E-state index contributed by atoms with van der Waals surface area (Å²) in [5, 5.41) is 18.9. The fraction of sp³-hybridized carbons (Fsp3) is 0.600. The van der Waals surface area contributed by atoms with E-state index in [9.17, 15) is 10.2 Å². The van der Waals surface area contributed by atoms with Crippen LogP contribution in [0.4, 0.5) is 0 Å². The van der Waals surface area contributed by atoms with Gasteiger partial charge in [-0.15, -0.1) is 0 Å². The van der Waals surface area contributed by atoms with Gasteiger partial charge in [0, 0.05) is 24.7 Å². The lowest BCUT2D eigenvalue weighted by Crippen LogP contribution is -2.48. The zero-order valence-corrected chi connectivity index (χ0v) is 8.76. The third-order valence-corrected chi connectivity index (χ3v) is 3.20. The molecule has 1 unspecified atom stereocenters. The predicted octanol–water partition coefficient (Wildman–Crippen LogP) is -0.355. The molecule has 1 saturated heterocycles. The molecule has 0 spiro atoms. The van der Waals surface area contributed by atoms with Crippen molar-refractivity contribution in [1.29, 1.82) is 0 Å². The topological polar surface area (TPSA) is 78.7 Å². The molecule has 3 heterocycles. The molecule has 6 heteroatoms. The first-order chi connectivity index (χ1) is 7.74. The average molecular weight is 223 g/mol. The fourth-order valence-electron chi connectivity index (χ4n) is 2.36. The molecular weight excluding hydrogens is 210 g/mol. The quantitative estimate of drug-likeness (QED) is 0.625. The minimum absolute atomic E-state index is 0.104. The van der Waals surface area contributed by atoms with Crippen molar-refractivity contribution in [3.05, 3.63) is 11.3 Å². The van der Waals surface area contributed by atoms with Crippen LogP contribution in [0.25, 0.3) is 0 Å².